The highest BCUT2D eigenvalue weighted by molar-refractivity contribution is 6.07. The predicted molar refractivity (Wildman–Crippen MR) is 46.1 cm³/mol. The predicted octanol–water partition coefficient (Wildman–Crippen LogP) is -1.21. The lowest BCUT2D eigenvalue weighted by Gasteiger charge is -2.18. The van der Waals surface area contributed by atoms with Crippen LogP contribution >= 0.6 is 0 Å². The SMILES string of the molecule is N#CCN1C(=O)NC2(CCNC2)C1=O. The second kappa shape index (κ2) is 2.96. The van der Waals surface area contributed by atoms with Crippen LogP contribution in [0.1, 0.15) is 6.42 Å². The Morgan fingerprint density at radius 2 is 2.36 bits per heavy atom. The molecule has 2 N–H and O–H groups in total. The van der Waals surface area contributed by atoms with Crippen LogP contribution in [0.25, 0.3) is 0 Å². The van der Waals surface area contributed by atoms with E-state index in [9.17, 15) is 9.59 Å². The van der Waals surface area contributed by atoms with Crippen molar-refractivity contribution in [1.29, 1.82) is 5.26 Å². The molecule has 2 fully saturated rings. The zero-order valence-corrected chi connectivity index (χ0v) is 7.54. The zero-order chi connectivity index (χ0) is 10.2. The van der Waals surface area contributed by atoms with E-state index in [1.54, 1.807) is 6.07 Å². The molecule has 74 valence electrons. The number of nitrogens with zero attached hydrogens (tertiary/aromatic N) is 2. The van der Waals surface area contributed by atoms with Gasteiger partial charge >= 0.3 is 6.03 Å². The van der Waals surface area contributed by atoms with E-state index in [4.69, 9.17) is 5.26 Å². The number of amides is 3. The van der Waals surface area contributed by atoms with Crippen LogP contribution in [-0.2, 0) is 4.79 Å². The number of hydrogen-bond acceptors (Lipinski definition) is 4. The molecule has 6 heteroatoms. The second-order valence-corrected chi connectivity index (χ2v) is 3.49. The molecule has 1 atom stereocenters. The van der Waals surface area contributed by atoms with E-state index in [0.717, 1.165) is 4.90 Å². The zero-order valence-electron chi connectivity index (χ0n) is 7.54. The molecule has 0 aromatic heterocycles. The maximum atomic E-state index is 11.8. The van der Waals surface area contributed by atoms with E-state index in [-0.39, 0.29) is 12.5 Å². The highest BCUT2D eigenvalue weighted by Crippen LogP contribution is 2.23. The first kappa shape index (κ1) is 8.97. The minimum atomic E-state index is -0.784. The summed E-state index contributed by atoms with van der Waals surface area (Å²) in [5.41, 5.74) is -0.784. The van der Waals surface area contributed by atoms with Gasteiger partial charge in [0, 0.05) is 6.54 Å². The summed E-state index contributed by atoms with van der Waals surface area (Å²) in [7, 11) is 0. The molecule has 1 spiro atoms. The summed E-state index contributed by atoms with van der Waals surface area (Å²) < 4.78 is 0. The van der Waals surface area contributed by atoms with Crippen LogP contribution in [-0.4, -0.2) is 42.0 Å². The van der Waals surface area contributed by atoms with Gasteiger partial charge in [0.25, 0.3) is 5.91 Å². The third-order valence-corrected chi connectivity index (χ3v) is 2.63. The smallest absolute Gasteiger partial charge is 0.322 e. The van der Waals surface area contributed by atoms with Crippen molar-refractivity contribution in [1.82, 2.24) is 15.5 Å². The molecule has 0 saturated carbocycles. The van der Waals surface area contributed by atoms with Gasteiger partial charge in [0.2, 0.25) is 0 Å². The number of rotatable bonds is 1. The van der Waals surface area contributed by atoms with Gasteiger partial charge in [-0.2, -0.15) is 5.26 Å². The number of hydrogen-bond donors (Lipinski definition) is 2. The van der Waals surface area contributed by atoms with Crippen LogP contribution in [0.5, 0.6) is 0 Å². The molecular weight excluding hydrogens is 184 g/mol. The molecule has 0 aliphatic carbocycles. The van der Waals surface area contributed by atoms with E-state index >= 15 is 0 Å². The molecule has 2 heterocycles. The van der Waals surface area contributed by atoms with Crippen molar-refractivity contribution < 1.29 is 9.59 Å². The third kappa shape index (κ3) is 1.06. The van der Waals surface area contributed by atoms with Gasteiger partial charge in [0.15, 0.2) is 0 Å². The van der Waals surface area contributed by atoms with E-state index in [0.29, 0.717) is 19.5 Å². The van der Waals surface area contributed by atoms with Crippen LogP contribution < -0.4 is 10.6 Å². The number of urea groups is 1. The van der Waals surface area contributed by atoms with Crippen LogP contribution in [0.15, 0.2) is 0 Å². The molecule has 3 amide bonds. The summed E-state index contributed by atoms with van der Waals surface area (Å²) in [4.78, 5) is 24.1. The molecule has 14 heavy (non-hydrogen) atoms. The quantitative estimate of drug-likeness (QED) is 0.405. The fraction of sp³-hybridized carbons (Fsp3) is 0.625. The van der Waals surface area contributed by atoms with Gasteiger partial charge in [-0.1, -0.05) is 0 Å². The summed E-state index contributed by atoms with van der Waals surface area (Å²) >= 11 is 0. The van der Waals surface area contributed by atoms with Crippen molar-refractivity contribution in [2.75, 3.05) is 19.6 Å². The molecule has 2 aliphatic rings. The van der Waals surface area contributed by atoms with Crippen molar-refractivity contribution >= 4 is 11.9 Å². The minimum absolute atomic E-state index is 0.174. The molecule has 2 aliphatic heterocycles. The molecular formula is C8H10N4O2. The second-order valence-electron chi connectivity index (χ2n) is 3.49. The Kier molecular flexibility index (Phi) is 1.89. The molecule has 0 bridgehead atoms. The highest BCUT2D eigenvalue weighted by atomic mass is 16.2. The summed E-state index contributed by atoms with van der Waals surface area (Å²) in [6, 6.07) is 1.34. The van der Waals surface area contributed by atoms with Gasteiger partial charge in [-0.3, -0.25) is 4.79 Å². The first-order chi connectivity index (χ1) is 6.69. The Morgan fingerprint density at radius 3 is 2.93 bits per heavy atom. The molecule has 1 unspecified atom stereocenters. The van der Waals surface area contributed by atoms with Gasteiger partial charge in [-0.25, -0.2) is 9.69 Å². The topological polar surface area (TPSA) is 85.2 Å². The van der Waals surface area contributed by atoms with Gasteiger partial charge < -0.3 is 10.6 Å². The van der Waals surface area contributed by atoms with Crippen molar-refractivity contribution in [3.63, 3.8) is 0 Å². The number of carbonyl (C=O) groups excluding carboxylic acids is 2. The van der Waals surface area contributed by atoms with Gasteiger partial charge in [-0.05, 0) is 13.0 Å². The first-order valence-corrected chi connectivity index (χ1v) is 4.41. The highest BCUT2D eigenvalue weighted by Gasteiger charge is 2.52. The van der Waals surface area contributed by atoms with Crippen LogP contribution in [0.4, 0.5) is 4.79 Å². The lowest BCUT2D eigenvalue weighted by atomic mass is 9.99. The lowest BCUT2D eigenvalue weighted by Crippen LogP contribution is -2.48. The number of carbonyl (C=O) groups is 2. The van der Waals surface area contributed by atoms with Crippen LogP contribution in [0, 0.1) is 11.3 Å². The lowest BCUT2D eigenvalue weighted by molar-refractivity contribution is -0.130. The minimum Gasteiger partial charge on any atom is -0.322 e. The van der Waals surface area contributed by atoms with Crippen molar-refractivity contribution in [2.24, 2.45) is 0 Å². The fourth-order valence-corrected chi connectivity index (χ4v) is 1.87. The van der Waals surface area contributed by atoms with Crippen molar-refractivity contribution in [3.8, 4) is 6.07 Å². The first-order valence-electron chi connectivity index (χ1n) is 4.41. The van der Waals surface area contributed by atoms with Gasteiger partial charge in [0.1, 0.15) is 12.1 Å². The molecule has 6 nitrogen and oxygen atoms in total. The average molecular weight is 194 g/mol. The number of nitrogens with one attached hydrogen (secondary N) is 2. The molecule has 2 saturated heterocycles. The normalized spacial score (nSPS) is 30.9. The third-order valence-electron chi connectivity index (χ3n) is 2.63. The largest absolute Gasteiger partial charge is 0.326 e. The maximum absolute atomic E-state index is 11.8. The van der Waals surface area contributed by atoms with Crippen LogP contribution in [0.2, 0.25) is 0 Å². The molecule has 0 aromatic carbocycles. The van der Waals surface area contributed by atoms with Crippen molar-refractivity contribution in [2.45, 2.75) is 12.0 Å². The summed E-state index contributed by atoms with van der Waals surface area (Å²) in [6.07, 6.45) is 0.597. The van der Waals surface area contributed by atoms with Crippen LogP contribution in [0.3, 0.4) is 0 Å². The molecule has 0 radical (unpaired) electrons. The van der Waals surface area contributed by atoms with Crippen molar-refractivity contribution in [3.05, 3.63) is 0 Å². The molecule has 0 aromatic rings. The molecule has 2 rings (SSSR count). The fourth-order valence-electron chi connectivity index (χ4n) is 1.87. The summed E-state index contributed by atoms with van der Waals surface area (Å²) in [5.74, 6) is -0.283. The monoisotopic (exact) mass is 194 g/mol. The van der Waals surface area contributed by atoms with Gasteiger partial charge in [-0.15, -0.1) is 0 Å². The van der Waals surface area contributed by atoms with E-state index < -0.39 is 11.6 Å². The Morgan fingerprint density at radius 1 is 1.57 bits per heavy atom. The standard InChI is InChI=1S/C8H10N4O2/c9-2-4-12-6(13)8(11-7(12)14)1-3-10-5-8/h10H,1,3-5H2,(H,11,14). The Bertz CT molecular complexity index is 327. The maximum Gasteiger partial charge on any atom is 0.326 e. The average Bonchev–Trinajstić information content (AvgIpc) is 2.69. The van der Waals surface area contributed by atoms with Gasteiger partial charge in [0.05, 0.1) is 6.07 Å². The van der Waals surface area contributed by atoms with E-state index in [2.05, 4.69) is 10.6 Å². The number of nitriles is 1. The Labute approximate surface area is 80.9 Å². The Hall–Kier alpha value is -1.61. The number of imide groups is 1. The summed E-state index contributed by atoms with van der Waals surface area (Å²) in [5, 5.41) is 14.1. The van der Waals surface area contributed by atoms with E-state index in [1.165, 1.54) is 0 Å². The Balaban J connectivity index is 2.23. The van der Waals surface area contributed by atoms with E-state index in [1.807, 2.05) is 0 Å². The summed E-state index contributed by atoms with van der Waals surface area (Å²) in [6.45, 7) is 0.998.